The molecule has 318 valence electrons. The molecular weight excluding hydrogens is 781 g/mol. The van der Waals surface area contributed by atoms with E-state index < -0.39 is 54.3 Å². The lowest BCUT2D eigenvalue weighted by Crippen LogP contribution is -2.56. The number of pyridine rings is 2. The van der Waals surface area contributed by atoms with Crippen molar-refractivity contribution in [3.05, 3.63) is 96.1 Å². The first-order chi connectivity index (χ1) is 28.4. The van der Waals surface area contributed by atoms with E-state index in [0.29, 0.717) is 17.9 Å². The maximum absolute atomic E-state index is 14.3. The van der Waals surface area contributed by atoms with Crippen LogP contribution in [0.3, 0.4) is 0 Å². The molecule has 1 aromatic carbocycles. The Morgan fingerprint density at radius 3 is 1.81 bits per heavy atom. The number of nitrogens with one attached hydrogen (secondary N) is 6. The van der Waals surface area contributed by atoms with Gasteiger partial charge in [0.2, 0.25) is 29.5 Å². The highest BCUT2D eigenvalue weighted by Crippen LogP contribution is 2.11. The van der Waals surface area contributed by atoms with Crippen molar-refractivity contribution < 1.29 is 33.6 Å². The van der Waals surface area contributed by atoms with Gasteiger partial charge >= 0.3 is 12.1 Å². The first kappa shape index (κ1) is 47.1. The molecule has 0 aliphatic rings. The van der Waals surface area contributed by atoms with E-state index >= 15 is 0 Å². The second-order valence-electron chi connectivity index (χ2n) is 13.4. The Kier molecular flexibility index (Phi) is 21.2. The lowest BCUT2D eigenvalue weighted by Gasteiger charge is -2.29. The quantitative estimate of drug-likeness (QED) is 0.0371. The van der Waals surface area contributed by atoms with Gasteiger partial charge in [0.25, 0.3) is 0 Å². The highest BCUT2D eigenvalue weighted by atomic mass is 32.1. The van der Waals surface area contributed by atoms with E-state index in [1.807, 2.05) is 36.4 Å². The number of nitrogens with zero attached hydrogens (tertiary/aromatic N) is 4. The minimum Gasteiger partial charge on any atom is -0.354 e. The van der Waals surface area contributed by atoms with Crippen LogP contribution in [0.25, 0.3) is 0 Å². The van der Waals surface area contributed by atoms with E-state index in [1.165, 1.54) is 9.80 Å². The number of benzene rings is 1. The predicted octanol–water partition coefficient (Wildman–Crippen LogP) is -0.464. The molecule has 0 spiro atoms. The number of urea groups is 2. The molecule has 0 bridgehead atoms. The van der Waals surface area contributed by atoms with Crippen LogP contribution in [-0.2, 0) is 43.6 Å². The summed E-state index contributed by atoms with van der Waals surface area (Å²) in [6.07, 6.45) is 6.86. The minimum atomic E-state index is -1.24. The Hall–Kier alpha value is -6.28. The number of aromatic nitrogens is 2. The fraction of sp³-hybridized carbons (Fsp3) is 0.410. The van der Waals surface area contributed by atoms with Crippen LogP contribution in [0.15, 0.2) is 79.4 Å². The van der Waals surface area contributed by atoms with Crippen molar-refractivity contribution in [1.29, 1.82) is 0 Å². The third kappa shape index (κ3) is 19.1. The Morgan fingerprint density at radius 1 is 0.644 bits per heavy atom. The molecule has 19 nitrogen and oxygen atoms in total. The second kappa shape index (κ2) is 26.6. The number of primary amides is 2. The fourth-order valence-corrected chi connectivity index (χ4v) is 5.89. The monoisotopic (exact) mass is 834 g/mol. The Balaban J connectivity index is 1.84. The maximum atomic E-state index is 14.3. The van der Waals surface area contributed by atoms with Crippen molar-refractivity contribution in [2.75, 3.05) is 45.0 Å². The zero-order valence-corrected chi connectivity index (χ0v) is 33.7. The van der Waals surface area contributed by atoms with Gasteiger partial charge in [-0.05, 0) is 54.5 Å². The predicted molar refractivity (Wildman–Crippen MR) is 222 cm³/mol. The van der Waals surface area contributed by atoms with Crippen LogP contribution in [0.4, 0.5) is 9.59 Å². The fourth-order valence-electron chi connectivity index (χ4n) is 5.78. The largest absolute Gasteiger partial charge is 0.354 e. The first-order valence-corrected chi connectivity index (χ1v) is 19.7. The molecule has 0 aliphatic carbocycles. The molecule has 0 saturated heterocycles. The molecule has 2 heterocycles. The SMILES string of the molecule is NC(=O)NCCCC(NC(=O)CN(Cc1ccccc1)C(=O)CNCc1cccnc1)C(=O)NC(CCCNC(N)=O)C(=O)N(CC(=O)NCCS)Cc1cccnc1. The van der Waals surface area contributed by atoms with Gasteiger partial charge in [-0.1, -0.05) is 42.5 Å². The topological polar surface area (TPSA) is 276 Å². The zero-order chi connectivity index (χ0) is 42.8. The van der Waals surface area contributed by atoms with Crippen molar-refractivity contribution >= 4 is 54.2 Å². The average Bonchev–Trinajstić information content (AvgIpc) is 3.22. The zero-order valence-electron chi connectivity index (χ0n) is 32.8. The van der Waals surface area contributed by atoms with Crippen molar-refractivity contribution in [1.82, 2.24) is 51.7 Å². The van der Waals surface area contributed by atoms with Gasteiger partial charge in [0.05, 0.1) is 19.6 Å². The number of thiol groups is 1. The molecule has 0 aliphatic heterocycles. The molecule has 59 heavy (non-hydrogen) atoms. The molecule has 3 aromatic rings. The van der Waals surface area contributed by atoms with Crippen LogP contribution >= 0.6 is 12.6 Å². The molecule has 2 atom stereocenters. The van der Waals surface area contributed by atoms with E-state index in [1.54, 1.807) is 43.0 Å². The van der Waals surface area contributed by atoms with Crippen molar-refractivity contribution in [2.45, 2.75) is 57.4 Å². The Bertz CT molecular complexity index is 1790. The van der Waals surface area contributed by atoms with Gasteiger partial charge in [-0.15, -0.1) is 0 Å². The summed E-state index contributed by atoms with van der Waals surface area (Å²) in [5, 5.41) is 16.1. The molecule has 0 fully saturated rings. The van der Waals surface area contributed by atoms with E-state index in [0.717, 1.165) is 11.1 Å². The van der Waals surface area contributed by atoms with Gasteiger partial charge in [0, 0.05) is 69.8 Å². The van der Waals surface area contributed by atoms with Crippen molar-refractivity contribution in [3.8, 4) is 0 Å². The third-order valence-corrected chi connectivity index (χ3v) is 8.84. The van der Waals surface area contributed by atoms with Gasteiger partial charge in [-0.25, -0.2) is 9.59 Å². The van der Waals surface area contributed by atoms with E-state index in [-0.39, 0.29) is 77.4 Å². The molecule has 0 radical (unpaired) electrons. The highest BCUT2D eigenvalue weighted by molar-refractivity contribution is 7.80. The van der Waals surface area contributed by atoms with Gasteiger partial charge < -0.3 is 53.2 Å². The molecule has 3 rings (SSSR count). The van der Waals surface area contributed by atoms with E-state index in [9.17, 15) is 33.6 Å². The summed E-state index contributed by atoms with van der Waals surface area (Å²) in [4.78, 5) is 102. The summed E-state index contributed by atoms with van der Waals surface area (Å²) in [5.41, 5.74) is 12.7. The van der Waals surface area contributed by atoms with Crippen LogP contribution < -0.4 is 43.4 Å². The summed E-state index contributed by atoms with van der Waals surface area (Å²) in [6, 6.07) is 12.1. The number of hydrogen-bond acceptors (Lipinski definition) is 11. The number of carbonyl (C=O) groups excluding carboxylic acids is 7. The van der Waals surface area contributed by atoms with Crippen LogP contribution in [0, 0.1) is 0 Å². The van der Waals surface area contributed by atoms with Gasteiger partial charge in [0.1, 0.15) is 12.1 Å². The average molecular weight is 835 g/mol. The smallest absolute Gasteiger partial charge is 0.312 e. The maximum Gasteiger partial charge on any atom is 0.312 e. The first-order valence-electron chi connectivity index (χ1n) is 19.1. The lowest BCUT2D eigenvalue weighted by atomic mass is 10.1. The summed E-state index contributed by atoms with van der Waals surface area (Å²) >= 11 is 4.13. The normalized spacial score (nSPS) is 11.6. The molecule has 2 aromatic heterocycles. The number of hydrogen-bond donors (Lipinski definition) is 9. The number of rotatable bonds is 26. The summed E-state index contributed by atoms with van der Waals surface area (Å²) in [6.45, 7) is 0.0255. The lowest BCUT2D eigenvalue weighted by molar-refractivity contribution is -0.141. The molecule has 0 saturated carbocycles. The summed E-state index contributed by atoms with van der Waals surface area (Å²) in [5.74, 6) is -2.46. The second-order valence-corrected chi connectivity index (χ2v) is 13.8. The van der Waals surface area contributed by atoms with Crippen LogP contribution in [0.5, 0.6) is 0 Å². The Morgan fingerprint density at radius 2 is 1.22 bits per heavy atom. The van der Waals surface area contributed by atoms with Crippen molar-refractivity contribution in [2.24, 2.45) is 11.5 Å². The highest BCUT2D eigenvalue weighted by Gasteiger charge is 2.31. The van der Waals surface area contributed by atoms with Gasteiger partial charge in [0.15, 0.2) is 0 Å². The molecule has 20 heteroatoms. The van der Waals surface area contributed by atoms with Crippen LogP contribution in [-0.4, -0.2) is 118 Å². The van der Waals surface area contributed by atoms with Crippen molar-refractivity contribution in [3.63, 3.8) is 0 Å². The van der Waals surface area contributed by atoms with Gasteiger partial charge in [-0.2, -0.15) is 12.6 Å². The molecule has 9 amide bonds. The van der Waals surface area contributed by atoms with Crippen LogP contribution in [0.2, 0.25) is 0 Å². The number of nitrogens with two attached hydrogens (primary N) is 2. The third-order valence-electron chi connectivity index (χ3n) is 8.61. The molecular formula is C39H54N12O7S. The van der Waals surface area contributed by atoms with Crippen LogP contribution in [0.1, 0.15) is 42.4 Å². The standard InChI is InChI=1S/C39H54N12O7S/c40-38(57)46-16-6-12-31(48-34(53)27-50(24-28-8-2-1-3-9-28)35(54)23-44-21-29-10-4-14-42-20-29)36(55)49-32(13-7-17-47-39(41)58)37(56)51(26-33(52)45-18-19-59)25-30-11-5-15-43-22-30/h1-5,8-11,14-15,20,22,31-32,44,59H,6-7,12-13,16-19,21,23-27H2,(H,45,52)(H,48,53)(H,49,55)(H3,40,46,57)(H3,41,47,58). The summed E-state index contributed by atoms with van der Waals surface area (Å²) < 4.78 is 0. The number of amides is 9. The van der Waals surface area contributed by atoms with E-state index in [2.05, 4.69) is 54.5 Å². The summed E-state index contributed by atoms with van der Waals surface area (Å²) in [7, 11) is 0. The number of carbonyl (C=O) groups is 7. The Labute approximate surface area is 348 Å². The minimum absolute atomic E-state index is 0.00677. The van der Waals surface area contributed by atoms with E-state index in [4.69, 9.17) is 11.5 Å². The molecule has 2 unspecified atom stereocenters. The molecule has 10 N–H and O–H groups in total. The van der Waals surface area contributed by atoms with Gasteiger partial charge in [-0.3, -0.25) is 33.9 Å².